The Morgan fingerprint density at radius 2 is 2.08 bits per heavy atom. The average Bonchev–Trinajstić information content (AvgIpc) is 3.63. The minimum Gasteiger partial charge on any atom is -0.493 e. The first-order valence-corrected chi connectivity index (χ1v) is 12.7. The van der Waals surface area contributed by atoms with Crippen LogP contribution in [0.5, 0.6) is 11.5 Å². The molecule has 38 heavy (non-hydrogen) atoms. The fraction of sp³-hybridized carbons (Fsp3) is 0.321. The lowest BCUT2D eigenvalue weighted by molar-refractivity contribution is -0.136. The number of halogens is 1. The summed E-state index contributed by atoms with van der Waals surface area (Å²) < 4.78 is 24.0. The number of hydrogen-bond acceptors (Lipinski definition) is 7. The number of carbonyl (C=O) groups excluding carboxylic acids is 1. The number of para-hydroxylation sites is 1. The van der Waals surface area contributed by atoms with Gasteiger partial charge in [0.2, 0.25) is 0 Å². The highest BCUT2D eigenvalue weighted by Crippen LogP contribution is 2.46. The van der Waals surface area contributed by atoms with Gasteiger partial charge in [-0.05, 0) is 36.8 Å². The van der Waals surface area contributed by atoms with Crippen LogP contribution in [0.1, 0.15) is 48.6 Å². The molecule has 3 aromatic rings. The van der Waals surface area contributed by atoms with E-state index >= 15 is 0 Å². The molecule has 198 valence electrons. The van der Waals surface area contributed by atoms with E-state index in [2.05, 4.69) is 4.98 Å². The van der Waals surface area contributed by atoms with Crippen molar-refractivity contribution in [2.75, 3.05) is 18.6 Å². The summed E-state index contributed by atoms with van der Waals surface area (Å²) in [6, 6.07) is 10.9. The van der Waals surface area contributed by atoms with Crippen molar-refractivity contribution in [3.8, 4) is 11.5 Å². The predicted octanol–water partition coefficient (Wildman–Crippen LogP) is 5.10. The molecule has 1 N–H and O–H groups in total. The maximum absolute atomic E-state index is 13.9. The highest BCUT2D eigenvalue weighted by Gasteiger charge is 2.39. The second-order valence-electron chi connectivity index (χ2n) is 9.05. The number of carboxylic acids is 1. The molecule has 1 aliphatic carbocycles. The summed E-state index contributed by atoms with van der Waals surface area (Å²) in [6.07, 6.45) is 2.78. The number of amides is 1. The Labute approximate surface area is 224 Å². The number of allylic oxidation sites excluding steroid dienone is 2. The van der Waals surface area contributed by atoms with Crippen molar-refractivity contribution in [3.63, 3.8) is 0 Å². The molecule has 0 radical (unpaired) electrons. The number of benzene rings is 2. The molecule has 1 aliphatic heterocycles. The van der Waals surface area contributed by atoms with Crippen LogP contribution >= 0.6 is 11.6 Å². The van der Waals surface area contributed by atoms with Gasteiger partial charge < -0.3 is 28.6 Å². The maximum Gasteiger partial charge on any atom is 0.311 e. The van der Waals surface area contributed by atoms with Crippen LogP contribution < -0.4 is 14.4 Å². The van der Waals surface area contributed by atoms with Gasteiger partial charge in [-0.25, -0.2) is 4.98 Å². The summed E-state index contributed by atoms with van der Waals surface area (Å²) in [5, 5.41) is 9.58. The van der Waals surface area contributed by atoms with Gasteiger partial charge in [-0.3, -0.25) is 9.59 Å². The zero-order valence-corrected chi connectivity index (χ0v) is 21.7. The fourth-order valence-corrected chi connectivity index (χ4v) is 4.68. The number of ether oxygens (including phenoxy) is 3. The predicted molar refractivity (Wildman–Crippen MR) is 139 cm³/mol. The van der Waals surface area contributed by atoms with Gasteiger partial charge in [-0.1, -0.05) is 30.7 Å². The van der Waals surface area contributed by atoms with Crippen LogP contribution in [0.15, 0.2) is 58.8 Å². The van der Waals surface area contributed by atoms with Crippen LogP contribution in [0.2, 0.25) is 5.02 Å². The van der Waals surface area contributed by atoms with Crippen molar-refractivity contribution in [2.45, 2.75) is 44.8 Å². The smallest absolute Gasteiger partial charge is 0.311 e. The summed E-state index contributed by atoms with van der Waals surface area (Å²) in [6.45, 7) is 2.45. The zero-order valence-electron chi connectivity index (χ0n) is 21.0. The van der Waals surface area contributed by atoms with Gasteiger partial charge in [-0.2, -0.15) is 0 Å². The number of aliphatic carboxylic acids is 1. The Morgan fingerprint density at radius 1 is 1.26 bits per heavy atom. The molecule has 1 aromatic heterocycles. The van der Waals surface area contributed by atoms with Gasteiger partial charge in [0.25, 0.3) is 5.91 Å². The van der Waals surface area contributed by atoms with E-state index < -0.39 is 18.2 Å². The number of carboxylic acid groups (broad SMARTS) is 1. The van der Waals surface area contributed by atoms with E-state index in [1.165, 1.54) is 6.20 Å². The van der Waals surface area contributed by atoms with Gasteiger partial charge in [-0.15, -0.1) is 0 Å². The van der Waals surface area contributed by atoms with Crippen molar-refractivity contribution in [2.24, 2.45) is 0 Å². The van der Waals surface area contributed by atoms with Crippen molar-refractivity contribution in [1.29, 1.82) is 0 Å². The van der Waals surface area contributed by atoms with Crippen LogP contribution in [0, 0.1) is 0 Å². The molecule has 2 heterocycles. The minimum atomic E-state index is -1.03. The van der Waals surface area contributed by atoms with Gasteiger partial charge >= 0.3 is 5.97 Å². The second-order valence-corrected chi connectivity index (χ2v) is 9.48. The van der Waals surface area contributed by atoms with E-state index in [0.29, 0.717) is 46.3 Å². The Kier molecular flexibility index (Phi) is 7.40. The molecule has 1 amide bonds. The first-order chi connectivity index (χ1) is 18.4. The third kappa shape index (κ3) is 5.39. The monoisotopic (exact) mass is 538 g/mol. The molecular weight excluding hydrogens is 512 g/mol. The van der Waals surface area contributed by atoms with Crippen LogP contribution in [0.3, 0.4) is 0 Å². The standard InChI is InChI=1S/C28H27ClN2O7/c1-3-11-31-21-10-7-16(29)12-20(21)26(19-5-4-6-22(35-2)27(19)37-17-8-9-17)38-23(28(31)34)14-24-30-15-18(36-24)13-25(32)33/h4-8,10,12,15,23,26H,3,9,11,13-14H2,1-2H3,(H,32,33)/t23-,26-/m1/s1. The molecule has 0 fully saturated rings. The average molecular weight is 539 g/mol. The van der Waals surface area contributed by atoms with E-state index in [9.17, 15) is 9.59 Å². The first-order valence-electron chi connectivity index (χ1n) is 12.3. The summed E-state index contributed by atoms with van der Waals surface area (Å²) in [7, 11) is 1.57. The molecule has 0 unspecified atom stereocenters. The Hall–Kier alpha value is -3.82. The van der Waals surface area contributed by atoms with Gasteiger partial charge in [0.1, 0.15) is 30.1 Å². The lowest BCUT2D eigenvalue weighted by Gasteiger charge is -2.24. The zero-order chi connectivity index (χ0) is 26.8. The minimum absolute atomic E-state index is 0.0161. The van der Waals surface area contributed by atoms with E-state index in [1.54, 1.807) is 30.2 Å². The lowest BCUT2D eigenvalue weighted by atomic mass is 9.98. The third-order valence-corrected chi connectivity index (χ3v) is 6.49. The van der Waals surface area contributed by atoms with E-state index in [-0.39, 0.29) is 30.4 Å². The van der Waals surface area contributed by atoms with Crippen molar-refractivity contribution >= 4 is 29.2 Å². The highest BCUT2D eigenvalue weighted by molar-refractivity contribution is 6.30. The summed E-state index contributed by atoms with van der Waals surface area (Å²) in [5.41, 5.74) is 2.08. The van der Waals surface area contributed by atoms with Crippen LogP contribution in [-0.4, -0.2) is 41.7 Å². The first kappa shape index (κ1) is 25.8. The Bertz CT molecular complexity index is 1400. The Balaban J connectivity index is 1.61. The quantitative estimate of drug-likeness (QED) is 0.379. The van der Waals surface area contributed by atoms with Crippen LogP contribution in [-0.2, 0) is 27.2 Å². The molecule has 2 aromatic carbocycles. The summed E-state index contributed by atoms with van der Waals surface area (Å²) >= 11 is 6.45. The number of anilines is 1. The second kappa shape index (κ2) is 10.9. The van der Waals surface area contributed by atoms with E-state index in [0.717, 1.165) is 12.2 Å². The SMILES string of the molecule is CCCN1C(=O)[C@@H](Cc2ncc(CC(=O)O)o2)O[C@H](c2cccc(OC)c2OC2=CC2)c2cc(Cl)ccc21. The van der Waals surface area contributed by atoms with Crippen molar-refractivity contribution in [3.05, 3.63) is 82.2 Å². The molecule has 0 spiro atoms. The highest BCUT2D eigenvalue weighted by atomic mass is 35.5. The molecule has 0 bridgehead atoms. The fourth-order valence-electron chi connectivity index (χ4n) is 4.50. The molecule has 9 nitrogen and oxygen atoms in total. The summed E-state index contributed by atoms with van der Waals surface area (Å²) in [5.74, 6) is 0.978. The van der Waals surface area contributed by atoms with Gasteiger partial charge in [0, 0.05) is 34.8 Å². The number of fused-ring (bicyclic) bond motifs is 1. The molecule has 2 aliphatic rings. The molecular formula is C28H27ClN2O7. The number of hydrogen-bond donors (Lipinski definition) is 1. The van der Waals surface area contributed by atoms with E-state index in [1.807, 2.05) is 31.2 Å². The number of carbonyl (C=O) groups is 2. The largest absolute Gasteiger partial charge is 0.493 e. The molecule has 0 saturated carbocycles. The lowest BCUT2D eigenvalue weighted by Crippen LogP contribution is -2.41. The van der Waals surface area contributed by atoms with E-state index in [4.69, 9.17) is 35.3 Å². The number of methoxy groups -OCH3 is 1. The number of aromatic nitrogens is 1. The normalized spacial score (nSPS) is 18.4. The summed E-state index contributed by atoms with van der Waals surface area (Å²) in [4.78, 5) is 30.9. The number of oxazole rings is 1. The van der Waals surface area contributed by atoms with Gasteiger partial charge in [0.15, 0.2) is 17.4 Å². The molecule has 10 heteroatoms. The van der Waals surface area contributed by atoms with Gasteiger partial charge in [0.05, 0.1) is 19.7 Å². The third-order valence-electron chi connectivity index (χ3n) is 6.25. The topological polar surface area (TPSA) is 111 Å². The van der Waals surface area contributed by atoms with Crippen molar-refractivity contribution in [1.82, 2.24) is 4.98 Å². The van der Waals surface area contributed by atoms with Crippen LogP contribution in [0.25, 0.3) is 0 Å². The molecule has 0 saturated heterocycles. The number of nitrogens with zero attached hydrogens (tertiary/aromatic N) is 2. The van der Waals surface area contributed by atoms with Crippen LogP contribution in [0.4, 0.5) is 5.69 Å². The molecule has 2 atom stereocenters. The Morgan fingerprint density at radius 3 is 2.79 bits per heavy atom. The number of rotatable bonds is 10. The maximum atomic E-state index is 13.9. The van der Waals surface area contributed by atoms with Crippen molar-refractivity contribution < 1.29 is 33.3 Å². The molecule has 5 rings (SSSR count).